The molecule has 8 heteroatoms. The summed E-state index contributed by atoms with van der Waals surface area (Å²) in [5.74, 6) is 2.23. The van der Waals surface area contributed by atoms with Crippen LogP contribution in [0.5, 0.6) is 0 Å². The van der Waals surface area contributed by atoms with Gasteiger partial charge in [-0.05, 0) is 43.2 Å². The summed E-state index contributed by atoms with van der Waals surface area (Å²) in [5.41, 5.74) is 1.36. The topological polar surface area (TPSA) is 87.9 Å². The molecule has 1 aliphatic heterocycles. The second-order valence-electron chi connectivity index (χ2n) is 6.96. The Morgan fingerprint density at radius 3 is 2.54 bits per heavy atom. The van der Waals surface area contributed by atoms with Crippen LogP contribution in [0.1, 0.15) is 59.8 Å². The molecule has 3 aromatic heterocycles. The number of hydrogen-bond donors (Lipinski definition) is 1. The minimum Gasteiger partial charge on any atom is -0.425 e. The third-order valence-corrected chi connectivity index (χ3v) is 6.00. The van der Waals surface area contributed by atoms with E-state index >= 15 is 0 Å². The number of nitrogens with one attached hydrogen (secondary N) is 1. The summed E-state index contributed by atoms with van der Waals surface area (Å²) in [6.07, 6.45) is 4.01. The van der Waals surface area contributed by atoms with E-state index in [1.54, 1.807) is 11.3 Å². The Kier molecular flexibility index (Phi) is 3.85. The number of nitrogens with zero attached hydrogens (tertiary/aromatic N) is 4. The molecule has 1 amide bonds. The standard InChI is InChI=1S/C18H19N5O2S/c24-18(14-10-13(19-20-14)15-2-1-9-26-15)23-7-5-12(6-8-23)17-22-21-16(25-17)11-3-4-11/h1-2,9-12H,3-8H2,(H,19,20). The van der Waals surface area contributed by atoms with Crippen molar-refractivity contribution in [3.63, 3.8) is 0 Å². The zero-order valence-electron chi connectivity index (χ0n) is 14.2. The van der Waals surface area contributed by atoms with Crippen LogP contribution in [0.15, 0.2) is 28.0 Å². The van der Waals surface area contributed by atoms with Crippen LogP contribution in [0.3, 0.4) is 0 Å². The monoisotopic (exact) mass is 369 g/mol. The number of H-pyrrole nitrogens is 1. The summed E-state index contributed by atoms with van der Waals surface area (Å²) >= 11 is 1.62. The molecule has 1 N–H and O–H groups in total. The number of hydrogen-bond acceptors (Lipinski definition) is 6. The molecular weight excluding hydrogens is 350 g/mol. The first-order valence-electron chi connectivity index (χ1n) is 9.00. The van der Waals surface area contributed by atoms with E-state index in [9.17, 15) is 4.79 Å². The number of thiophene rings is 1. The number of likely N-dealkylation sites (tertiary alicyclic amines) is 1. The second-order valence-corrected chi connectivity index (χ2v) is 7.91. The number of carbonyl (C=O) groups is 1. The van der Waals surface area contributed by atoms with Gasteiger partial charge in [0.25, 0.3) is 5.91 Å². The number of piperidine rings is 1. The first-order valence-corrected chi connectivity index (χ1v) is 9.88. The van der Waals surface area contributed by atoms with Crippen molar-refractivity contribution in [1.82, 2.24) is 25.3 Å². The summed E-state index contributed by atoms with van der Waals surface area (Å²) in [5, 5.41) is 17.6. The molecule has 0 aromatic carbocycles. The van der Waals surface area contributed by atoms with Gasteiger partial charge >= 0.3 is 0 Å². The van der Waals surface area contributed by atoms with E-state index in [2.05, 4.69) is 20.4 Å². The van der Waals surface area contributed by atoms with Gasteiger partial charge in [0.05, 0.1) is 10.6 Å². The SMILES string of the molecule is O=C(c1cc(-c2cccs2)[nH]n1)N1CCC(c2nnc(C3CC3)o2)CC1. The van der Waals surface area contributed by atoms with Crippen molar-refractivity contribution in [2.75, 3.05) is 13.1 Å². The molecule has 1 saturated heterocycles. The molecule has 0 spiro atoms. The largest absolute Gasteiger partial charge is 0.425 e. The van der Waals surface area contributed by atoms with Crippen LogP contribution >= 0.6 is 11.3 Å². The lowest BCUT2D eigenvalue weighted by molar-refractivity contribution is 0.0700. The minimum absolute atomic E-state index is 0.0216. The van der Waals surface area contributed by atoms with Gasteiger partial charge in [-0.1, -0.05) is 6.07 Å². The first kappa shape index (κ1) is 15.7. The molecule has 134 valence electrons. The fraction of sp³-hybridized carbons (Fsp3) is 0.444. The van der Waals surface area contributed by atoms with Gasteiger partial charge in [-0.15, -0.1) is 21.5 Å². The van der Waals surface area contributed by atoms with E-state index < -0.39 is 0 Å². The van der Waals surface area contributed by atoms with Gasteiger partial charge in [0.15, 0.2) is 5.69 Å². The zero-order chi connectivity index (χ0) is 17.5. The molecule has 5 rings (SSSR count). The zero-order valence-corrected chi connectivity index (χ0v) is 15.0. The van der Waals surface area contributed by atoms with E-state index in [1.807, 2.05) is 28.5 Å². The van der Waals surface area contributed by atoms with Crippen molar-refractivity contribution in [1.29, 1.82) is 0 Å². The Morgan fingerprint density at radius 1 is 1.15 bits per heavy atom. The molecule has 1 saturated carbocycles. The molecule has 2 aliphatic rings. The fourth-order valence-electron chi connectivity index (χ4n) is 3.39. The molecule has 0 radical (unpaired) electrons. The Bertz CT molecular complexity index is 904. The van der Waals surface area contributed by atoms with Crippen LogP contribution in [0.25, 0.3) is 10.6 Å². The van der Waals surface area contributed by atoms with Crippen molar-refractivity contribution in [2.45, 2.75) is 37.5 Å². The van der Waals surface area contributed by atoms with Crippen molar-refractivity contribution >= 4 is 17.2 Å². The van der Waals surface area contributed by atoms with Gasteiger partial charge in [-0.2, -0.15) is 5.10 Å². The second kappa shape index (κ2) is 6.35. The van der Waals surface area contributed by atoms with E-state index in [0.29, 0.717) is 24.7 Å². The molecule has 0 bridgehead atoms. The summed E-state index contributed by atoms with van der Waals surface area (Å²) in [7, 11) is 0. The molecule has 0 atom stereocenters. The Balaban J connectivity index is 1.22. The predicted molar refractivity (Wildman–Crippen MR) is 96.1 cm³/mol. The molecule has 2 fully saturated rings. The van der Waals surface area contributed by atoms with Crippen LogP contribution in [0, 0.1) is 0 Å². The lowest BCUT2D eigenvalue weighted by Gasteiger charge is -2.29. The van der Waals surface area contributed by atoms with Crippen LogP contribution in [-0.2, 0) is 0 Å². The van der Waals surface area contributed by atoms with Gasteiger partial charge < -0.3 is 9.32 Å². The van der Waals surface area contributed by atoms with Gasteiger partial charge in [0.2, 0.25) is 11.8 Å². The normalized spacial score (nSPS) is 18.4. The maximum absolute atomic E-state index is 12.7. The Morgan fingerprint density at radius 2 is 1.88 bits per heavy atom. The summed E-state index contributed by atoms with van der Waals surface area (Å²) in [4.78, 5) is 15.7. The maximum atomic E-state index is 12.7. The summed E-state index contributed by atoms with van der Waals surface area (Å²) < 4.78 is 5.83. The number of amides is 1. The Hall–Kier alpha value is -2.48. The minimum atomic E-state index is -0.0216. The molecular formula is C18H19N5O2S. The van der Waals surface area contributed by atoms with Gasteiger partial charge in [-0.3, -0.25) is 9.89 Å². The van der Waals surface area contributed by atoms with Crippen LogP contribution in [0.2, 0.25) is 0 Å². The van der Waals surface area contributed by atoms with E-state index in [-0.39, 0.29) is 11.8 Å². The van der Waals surface area contributed by atoms with Crippen molar-refractivity contribution < 1.29 is 9.21 Å². The van der Waals surface area contributed by atoms with Gasteiger partial charge in [0, 0.05) is 24.9 Å². The molecule has 0 unspecified atom stereocenters. The van der Waals surface area contributed by atoms with E-state index in [0.717, 1.165) is 48.0 Å². The highest BCUT2D eigenvalue weighted by Crippen LogP contribution is 2.40. The van der Waals surface area contributed by atoms with E-state index in [4.69, 9.17) is 4.42 Å². The quantitative estimate of drug-likeness (QED) is 0.761. The molecule has 4 heterocycles. The molecule has 1 aliphatic carbocycles. The van der Waals surface area contributed by atoms with Crippen molar-refractivity contribution in [3.05, 3.63) is 41.1 Å². The number of aromatic nitrogens is 4. The van der Waals surface area contributed by atoms with E-state index in [1.165, 1.54) is 0 Å². The summed E-state index contributed by atoms with van der Waals surface area (Å²) in [6, 6.07) is 5.83. The lowest BCUT2D eigenvalue weighted by Crippen LogP contribution is -2.38. The number of carbonyl (C=O) groups excluding carboxylic acids is 1. The fourth-order valence-corrected chi connectivity index (χ4v) is 4.08. The highest BCUT2D eigenvalue weighted by atomic mass is 32.1. The summed E-state index contributed by atoms with van der Waals surface area (Å²) in [6.45, 7) is 1.37. The molecule has 7 nitrogen and oxygen atoms in total. The number of rotatable bonds is 4. The van der Waals surface area contributed by atoms with Crippen LogP contribution in [-0.4, -0.2) is 44.3 Å². The first-order chi connectivity index (χ1) is 12.8. The van der Waals surface area contributed by atoms with Gasteiger partial charge in [0.1, 0.15) is 0 Å². The van der Waals surface area contributed by atoms with Crippen LogP contribution in [0.4, 0.5) is 0 Å². The third-order valence-electron chi connectivity index (χ3n) is 5.10. The van der Waals surface area contributed by atoms with Crippen LogP contribution < -0.4 is 0 Å². The number of aromatic amines is 1. The molecule has 3 aromatic rings. The Labute approximate surface area is 154 Å². The van der Waals surface area contributed by atoms with Crippen molar-refractivity contribution in [2.24, 2.45) is 0 Å². The highest BCUT2D eigenvalue weighted by molar-refractivity contribution is 7.13. The van der Waals surface area contributed by atoms with Gasteiger partial charge in [-0.25, -0.2) is 0 Å². The smallest absolute Gasteiger partial charge is 0.274 e. The average molecular weight is 369 g/mol. The van der Waals surface area contributed by atoms with Crippen molar-refractivity contribution in [3.8, 4) is 10.6 Å². The third kappa shape index (κ3) is 2.94. The average Bonchev–Trinajstić information content (AvgIpc) is 3.14. The maximum Gasteiger partial charge on any atom is 0.274 e. The molecule has 26 heavy (non-hydrogen) atoms. The predicted octanol–water partition coefficient (Wildman–Crippen LogP) is 3.42. The highest BCUT2D eigenvalue weighted by Gasteiger charge is 2.32. The lowest BCUT2D eigenvalue weighted by atomic mass is 9.96.